The zero-order valence-electron chi connectivity index (χ0n) is 17.1. The highest BCUT2D eigenvalue weighted by Crippen LogP contribution is 2.52. The molecular formula is C21H29N3O3S. The van der Waals surface area contributed by atoms with E-state index in [1.807, 2.05) is 29.4 Å². The van der Waals surface area contributed by atoms with Crippen LogP contribution < -0.4 is 0 Å². The Hall–Kier alpha value is -1.73. The number of carbonyl (C=O) groups is 2. The van der Waals surface area contributed by atoms with E-state index in [-0.39, 0.29) is 17.9 Å². The number of ether oxygens (including phenoxy) is 1. The molecule has 2 amide bonds. The van der Waals surface area contributed by atoms with Crippen molar-refractivity contribution in [3.8, 4) is 0 Å². The summed E-state index contributed by atoms with van der Waals surface area (Å²) >= 11 is 1.58. The smallest absolute Gasteiger partial charge is 0.230 e. The normalized spacial score (nSPS) is 30.5. The summed E-state index contributed by atoms with van der Waals surface area (Å²) in [5.74, 6) is -0.289. The summed E-state index contributed by atoms with van der Waals surface area (Å²) in [6, 6.07) is 0. The molecule has 3 aliphatic rings. The second-order valence-electron chi connectivity index (χ2n) is 8.35. The number of carbonyl (C=O) groups excluding carboxylic acids is 2. The average molecular weight is 404 g/mol. The van der Waals surface area contributed by atoms with Crippen molar-refractivity contribution in [3.63, 3.8) is 0 Å². The average Bonchev–Trinajstić information content (AvgIpc) is 3.41. The number of amides is 2. The lowest BCUT2D eigenvalue weighted by Crippen LogP contribution is -2.44. The summed E-state index contributed by atoms with van der Waals surface area (Å²) in [5, 5.41) is 2.97. The molecule has 4 rings (SSSR count). The molecule has 2 bridgehead atoms. The van der Waals surface area contributed by atoms with Crippen molar-refractivity contribution in [2.24, 2.45) is 17.8 Å². The number of aryl methyl sites for hydroxylation is 1. The van der Waals surface area contributed by atoms with Gasteiger partial charge in [-0.1, -0.05) is 38.8 Å². The fourth-order valence-corrected chi connectivity index (χ4v) is 5.53. The van der Waals surface area contributed by atoms with E-state index < -0.39 is 17.4 Å². The number of thiazole rings is 1. The van der Waals surface area contributed by atoms with Gasteiger partial charge in [0.05, 0.1) is 41.7 Å². The largest absolute Gasteiger partial charge is 0.360 e. The SMILES string of the molecule is CCC(CC)CN1C[C@]23C=C[C@H](O2)[C@H](C(=O)N(C)Cc2csc(C)n2)[C@@H]3C1=O. The number of hydrogen-bond acceptors (Lipinski definition) is 5. The van der Waals surface area contributed by atoms with Crippen molar-refractivity contribution in [2.45, 2.75) is 51.9 Å². The van der Waals surface area contributed by atoms with Crippen LogP contribution >= 0.6 is 11.3 Å². The summed E-state index contributed by atoms with van der Waals surface area (Å²) in [6.45, 7) is 8.07. The Labute approximate surface area is 170 Å². The summed E-state index contributed by atoms with van der Waals surface area (Å²) < 4.78 is 6.24. The third-order valence-corrected chi connectivity index (χ3v) is 7.36. The van der Waals surface area contributed by atoms with Gasteiger partial charge in [0.25, 0.3) is 0 Å². The highest BCUT2D eigenvalue weighted by Gasteiger charge is 2.67. The first kappa shape index (κ1) is 19.6. The predicted molar refractivity (Wildman–Crippen MR) is 108 cm³/mol. The molecule has 0 aromatic carbocycles. The van der Waals surface area contributed by atoms with Crippen LogP contribution in [-0.2, 0) is 20.9 Å². The molecule has 2 saturated heterocycles. The van der Waals surface area contributed by atoms with Crippen LogP contribution in [0.15, 0.2) is 17.5 Å². The summed E-state index contributed by atoms with van der Waals surface area (Å²) in [7, 11) is 1.79. The Morgan fingerprint density at radius 3 is 2.86 bits per heavy atom. The van der Waals surface area contributed by atoms with Gasteiger partial charge in [0.2, 0.25) is 11.8 Å². The molecule has 1 spiro atoms. The first-order chi connectivity index (χ1) is 13.4. The molecule has 6 nitrogen and oxygen atoms in total. The molecule has 28 heavy (non-hydrogen) atoms. The molecule has 0 saturated carbocycles. The second-order valence-corrected chi connectivity index (χ2v) is 9.42. The van der Waals surface area contributed by atoms with Gasteiger partial charge in [-0.15, -0.1) is 11.3 Å². The number of hydrogen-bond donors (Lipinski definition) is 0. The Kier molecular flexibility index (Phi) is 5.08. The lowest BCUT2D eigenvalue weighted by molar-refractivity contribution is -0.143. The maximum Gasteiger partial charge on any atom is 0.230 e. The number of nitrogens with zero attached hydrogens (tertiary/aromatic N) is 3. The standard InChI is InChI=1S/C21H29N3O3S/c1-5-14(6-2)9-24-12-21-8-7-16(27-21)17(18(21)20(24)26)19(25)23(4)10-15-11-28-13(3)22-15/h7-8,11,14,16-18H,5-6,9-10,12H2,1-4H3/t16-,17-,18+,21-/m0/s1. The zero-order valence-corrected chi connectivity index (χ0v) is 17.9. The van der Waals surface area contributed by atoms with Crippen molar-refractivity contribution in [1.82, 2.24) is 14.8 Å². The predicted octanol–water partition coefficient (Wildman–Crippen LogP) is 2.63. The molecule has 1 aromatic heterocycles. The highest BCUT2D eigenvalue weighted by molar-refractivity contribution is 7.09. The van der Waals surface area contributed by atoms with E-state index in [2.05, 4.69) is 18.8 Å². The number of rotatable bonds is 7. The molecule has 152 valence electrons. The van der Waals surface area contributed by atoms with Crippen LogP contribution in [0.2, 0.25) is 0 Å². The van der Waals surface area contributed by atoms with Crippen LogP contribution in [0.3, 0.4) is 0 Å². The van der Waals surface area contributed by atoms with Gasteiger partial charge in [0.15, 0.2) is 0 Å². The van der Waals surface area contributed by atoms with E-state index in [1.165, 1.54) is 0 Å². The van der Waals surface area contributed by atoms with Crippen LogP contribution in [0.4, 0.5) is 0 Å². The number of likely N-dealkylation sites (tertiary alicyclic amines) is 1. The maximum atomic E-state index is 13.3. The molecule has 4 heterocycles. The third kappa shape index (κ3) is 3.08. The van der Waals surface area contributed by atoms with E-state index >= 15 is 0 Å². The summed E-state index contributed by atoms with van der Waals surface area (Å²) in [6.07, 6.45) is 5.82. The summed E-state index contributed by atoms with van der Waals surface area (Å²) in [4.78, 5) is 34.6. The second kappa shape index (κ2) is 7.26. The fraction of sp³-hybridized carbons (Fsp3) is 0.667. The quantitative estimate of drug-likeness (QED) is 0.657. The first-order valence-electron chi connectivity index (χ1n) is 10.2. The molecule has 0 N–H and O–H groups in total. The Morgan fingerprint density at radius 1 is 1.46 bits per heavy atom. The highest BCUT2D eigenvalue weighted by atomic mass is 32.1. The molecule has 0 radical (unpaired) electrons. The molecule has 0 aliphatic carbocycles. The fourth-order valence-electron chi connectivity index (χ4n) is 4.93. The Morgan fingerprint density at radius 2 is 2.21 bits per heavy atom. The van der Waals surface area contributed by atoms with Crippen molar-refractivity contribution in [2.75, 3.05) is 20.1 Å². The van der Waals surface area contributed by atoms with Gasteiger partial charge in [0.1, 0.15) is 5.60 Å². The van der Waals surface area contributed by atoms with E-state index in [4.69, 9.17) is 4.74 Å². The number of fused-ring (bicyclic) bond motifs is 1. The monoisotopic (exact) mass is 403 g/mol. The third-order valence-electron chi connectivity index (χ3n) is 6.54. The lowest BCUT2D eigenvalue weighted by atomic mass is 9.76. The van der Waals surface area contributed by atoms with Crippen LogP contribution in [0.5, 0.6) is 0 Å². The Bertz CT molecular complexity index is 803. The minimum atomic E-state index is -0.619. The van der Waals surface area contributed by atoms with Gasteiger partial charge in [-0.3, -0.25) is 9.59 Å². The van der Waals surface area contributed by atoms with Gasteiger partial charge in [-0.2, -0.15) is 0 Å². The molecule has 2 fully saturated rings. The van der Waals surface area contributed by atoms with Crippen LogP contribution in [0.1, 0.15) is 37.4 Å². The minimum absolute atomic E-state index is 0.0235. The first-order valence-corrected chi connectivity index (χ1v) is 11.1. The molecule has 4 atom stereocenters. The van der Waals surface area contributed by atoms with E-state index in [0.717, 1.165) is 30.1 Å². The van der Waals surface area contributed by atoms with E-state index in [9.17, 15) is 9.59 Å². The molecular weight excluding hydrogens is 374 g/mol. The molecule has 1 aromatic rings. The van der Waals surface area contributed by atoms with Gasteiger partial charge in [0, 0.05) is 19.0 Å². The van der Waals surface area contributed by atoms with Crippen molar-refractivity contribution >= 4 is 23.2 Å². The van der Waals surface area contributed by atoms with Gasteiger partial charge in [-0.05, 0) is 12.8 Å². The topological polar surface area (TPSA) is 62.7 Å². The Balaban J connectivity index is 1.52. The van der Waals surface area contributed by atoms with Crippen molar-refractivity contribution < 1.29 is 14.3 Å². The zero-order chi connectivity index (χ0) is 20.1. The van der Waals surface area contributed by atoms with Crippen LogP contribution in [-0.4, -0.2) is 58.4 Å². The maximum absolute atomic E-state index is 13.3. The van der Waals surface area contributed by atoms with Crippen LogP contribution in [0.25, 0.3) is 0 Å². The van der Waals surface area contributed by atoms with Crippen LogP contribution in [0, 0.1) is 24.7 Å². The minimum Gasteiger partial charge on any atom is -0.360 e. The van der Waals surface area contributed by atoms with Crippen molar-refractivity contribution in [1.29, 1.82) is 0 Å². The van der Waals surface area contributed by atoms with E-state index in [0.29, 0.717) is 19.0 Å². The number of aromatic nitrogens is 1. The van der Waals surface area contributed by atoms with Gasteiger partial charge in [-0.25, -0.2) is 4.98 Å². The molecule has 3 aliphatic heterocycles. The molecule has 7 heteroatoms. The van der Waals surface area contributed by atoms with Gasteiger partial charge < -0.3 is 14.5 Å². The molecule has 0 unspecified atom stereocenters. The summed E-state index contributed by atoms with van der Waals surface area (Å²) in [5.41, 5.74) is 0.271. The van der Waals surface area contributed by atoms with E-state index in [1.54, 1.807) is 23.3 Å². The van der Waals surface area contributed by atoms with Crippen molar-refractivity contribution in [3.05, 3.63) is 28.2 Å². The lowest BCUT2D eigenvalue weighted by Gasteiger charge is -2.27. The van der Waals surface area contributed by atoms with Gasteiger partial charge >= 0.3 is 0 Å².